The standard InChI is InChI=1S/C57H107NO3/c1-3-5-7-9-11-13-15-17-19-21-22-23-24-25-26-27-28-29-30-31-32-33-34-35-37-38-40-42-44-46-48-50-52-56(60)55(54-59)58-57(61)53-51-49-47-45-43-41-39-36-20-18-16-14-12-10-8-6-4-2/h6,8,12,14,18,20,39,41,55-56,59-60H,3-5,7,9-11,13,15-17,19,21-38,40,42-54H2,1-2H3,(H,58,61)/b8-6-,14-12-,20-18-,41-39-. The molecule has 0 aliphatic rings. The fourth-order valence-electron chi connectivity index (χ4n) is 8.47. The Morgan fingerprint density at radius 2 is 0.721 bits per heavy atom. The number of carbonyl (C=O) groups is 1. The highest BCUT2D eigenvalue weighted by molar-refractivity contribution is 5.76. The van der Waals surface area contributed by atoms with E-state index in [-0.39, 0.29) is 12.5 Å². The van der Waals surface area contributed by atoms with Crippen molar-refractivity contribution in [3.63, 3.8) is 0 Å². The van der Waals surface area contributed by atoms with E-state index in [2.05, 4.69) is 67.8 Å². The molecule has 0 radical (unpaired) electrons. The second-order valence-corrected chi connectivity index (χ2v) is 18.6. The number of rotatable bonds is 50. The summed E-state index contributed by atoms with van der Waals surface area (Å²) in [6, 6.07) is -0.552. The number of nitrogens with one attached hydrogen (secondary N) is 1. The first-order chi connectivity index (χ1) is 30.2. The summed E-state index contributed by atoms with van der Waals surface area (Å²) in [5.41, 5.74) is 0. The van der Waals surface area contributed by atoms with Gasteiger partial charge in [0.2, 0.25) is 5.91 Å². The highest BCUT2D eigenvalue weighted by atomic mass is 16.3. The van der Waals surface area contributed by atoms with Gasteiger partial charge in [0.05, 0.1) is 18.8 Å². The van der Waals surface area contributed by atoms with Crippen LogP contribution in [0.2, 0.25) is 0 Å². The van der Waals surface area contributed by atoms with Crippen LogP contribution < -0.4 is 5.32 Å². The van der Waals surface area contributed by atoms with Gasteiger partial charge in [-0.3, -0.25) is 4.79 Å². The number of aliphatic hydroxyl groups excluding tert-OH is 2. The van der Waals surface area contributed by atoms with Crippen molar-refractivity contribution in [3.05, 3.63) is 48.6 Å². The molecular weight excluding hydrogens is 747 g/mol. The Kier molecular flexibility index (Phi) is 51.3. The van der Waals surface area contributed by atoms with Crippen LogP contribution in [0.15, 0.2) is 48.6 Å². The third kappa shape index (κ3) is 49.2. The van der Waals surface area contributed by atoms with Crippen LogP contribution in [0.4, 0.5) is 0 Å². The highest BCUT2D eigenvalue weighted by Gasteiger charge is 2.20. The maximum atomic E-state index is 12.4. The molecule has 2 atom stereocenters. The van der Waals surface area contributed by atoms with Gasteiger partial charge in [0.25, 0.3) is 0 Å². The SMILES string of the molecule is CC/C=C\C/C=C\C/C=C\C/C=C\CCCCCCC(=O)NC(CO)C(O)CCCCCCCCCCCCCCCCCCCCCCCCCCCCCCCCCC. The average Bonchev–Trinajstić information content (AvgIpc) is 3.26. The fraction of sp³-hybridized carbons (Fsp3) is 0.842. The summed E-state index contributed by atoms with van der Waals surface area (Å²) in [5, 5.41) is 23.3. The van der Waals surface area contributed by atoms with Crippen molar-refractivity contribution >= 4 is 5.91 Å². The molecule has 0 saturated carbocycles. The van der Waals surface area contributed by atoms with Gasteiger partial charge in [0.15, 0.2) is 0 Å². The smallest absolute Gasteiger partial charge is 0.220 e. The predicted octanol–water partition coefficient (Wildman–Crippen LogP) is 17.9. The number of carbonyl (C=O) groups excluding carboxylic acids is 1. The normalized spacial score (nSPS) is 13.2. The number of amides is 1. The Morgan fingerprint density at radius 1 is 0.410 bits per heavy atom. The molecule has 358 valence electrons. The number of allylic oxidation sites excluding steroid dienone is 8. The maximum absolute atomic E-state index is 12.4. The van der Waals surface area contributed by atoms with E-state index in [4.69, 9.17) is 0 Å². The molecular formula is C57H107NO3. The van der Waals surface area contributed by atoms with Crippen molar-refractivity contribution in [2.24, 2.45) is 0 Å². The van der Waals surface area contributed by atoms with Gasteiger partial charge >= 0.3 is 0 Å². The first-order valence-corrected chi connectivity index (χ1v) is 27.3. The minimum atomic E-state index is -0.673. The Bertz CT molecular complexity index is 970. The average molecular weight is 854 g/mol. The largest absolute Gasteiger partial charge is 0.394 e. The molecule has 0 saturated heterocycles. The molecule has 2 unspecified atom stereocenters. The Labute approximate surface area is 382 Å². The number of unbranched alkanes of at least 4 members (excludes halogenated alkanes) is 35. The first kappa shape index (κ1) is 59.4. The van der Waals surface area contributed by atoms with Gasteiger partial charge in [0.1, 0.15) is 0 Å². The Balaban J connectivity index is 3.43. The van der Waals surface area contributed by atoms with E-state index in [0.717, 1.165) is 70.6 Å². The van der Waals surface area contributed by atoms with Crippen molar-refractivity contribution < 1.29 is 15.0 Å². The van der Waals surface area contributed by atoms with Crippen LogP contribution in [-0.2, 0) is 4.79 Å². The lowest BCUT2D eigenvalue weighted by molar-refractivity contribution is -0.123. The zero-order valence-corrected chi connectivity index (χ0v) is 41.2. The van der Waals surface area contributed by atoms with Crippen LogP contribution in [0.1, 0.15) is 290 Å². The molecule has 0 spiro atoms. The zero-order chi connectivity index (χ0) is 44.2. The monoisotopic (exact) mass is 854 g/mol. The van der Waals surface area contributed by atoms with Crippen LogP contribution in [0.3, 0.4) is 0 Å². The highest BCUT2D eigenvalue weighted by Crippen LogP contribution is 2.18. The predicted molar refractivity (Wildman–Crippen MR) is 271 cm³/mol. The van der Waals surface area contributed by atoms with E-state index in [1.165, 1.54) is 193 Å². The molecule has 0 aromatic carbocycles. The molecule has 0 aliphatic heterocycles. The second kappa shape index (κ2) is 52.7. The van der Waals surface area contributed by atoms with Crippen LogP contribution >= 0.6 is 0 Å². The number of hydrogen-bond donors (Lipinski definition) is 3. The third-order valence-electron chi connectivity index (χ3n) is 12.6. The molecule has 0 aromatic heterocycles. The minimum absolute atomic E-state index is 0.0527. The van der Waals surface area contributed by atoms with E-state index in [0.29, 0.717) is 12.8 Å². The van der Waals surface area contributed by atoms with E-state index in [9.17, 15) is 15.0 Å². The van der Waals surface area contributed by atoms with Gasteiger partial charge in [0, 0.05) is 6.42 Å². The van der Waals surface area contributed by atoms with Crippen molar-refractivity contribution in [1.82, 2.24) is 5.32 Å². The van der Waals surface area contributed by atoms with Gasteiger partial charge in [-0.15, -0.1) is 0 Å². The van der Waals surface area contributed by atoms with Gasteiger partial charge in [-0.2, -0.15) is 0 Å². The van der Waals surface area contributed by atoms with Crippen LogP contribution in [0.25, 0.3) is 0 Å². The van der Waals surface area contributed by atoms with Gasteiger partial charge in [-0.25, -0.2) is 0 Å². The van der Waals surface area contributed by atoms with Gasteiger partial charge in [-0.05, 0) is 51.4 Å². The zero-order valence-electron chi connectivity index (χ0n) is 41.2. The van der Waals surface area contributed by atoms with Crippen molar-refractivity contribution in [2.75, 3.05) is 6.61 Å². The van der Waals surface area contributed by atoms with Crippen LogP contribution in [0.5, 0.6) is 0 Å². The van der Waals surface area contributed by atoms with E-state index >= 15 is 0 Å². The third-order valence-corrected chi connectivity index (χ3v) is 12.6. The number of aliphatic hydroxyl groups is 2. The summed E-state index contributed by atoms with van der Waals surface area (Å²) >= 11 is 0. The molecule has 4 heteroatoms. The molecule has 0 bridgehead atoms. The van der Waals surface area contributed by atoms with Crippen LogP contribution in [0, 0.1) is 0 Å². The fourth-order valence-corrected chi connectivity index (χ4v) is 8.47. The lowest BCUT2D eigenvalue weighted by Gasteiger charge is -2.22. The second-order valence-electron chi connectivity index (χ2n) is 18.6. The Hall–Kier alpha value is -1.65. The van der Waals surface area contributed by atoms with Crippen molar-refractivity contribution in [1.29, 1.82) is 0 Å². The summed E-state index contributed by atoms with van der Waals surface area (Å²) < 4.78 is 0. The quantitative estimate of drug-likeness (QED) is 0.0422. The first-order valence-electron chi connectivity index (χ1n) is 27.3. The van der Waals surface area contributed by atoms with E-state index in [1.54, 1.807) is 0 Å². The number of hydrogen-bond acceptors (Lipinski definition) is 3. The Morgan fingerprint density at radius 3 is 1.08 bits per heavy atom. The minimum Gasteiger partial charge on any atom is -0.394 e. The van der Waals surface area contributed by atoms with Crippen molar-refractivity contribution in [3.8, 4) is 0 Å². The molecule has 1 amide bonds. The van der Waals surface area contributed by atoms with Gasteiger partial charge < -0.3 is 15.5 Å². The molecule has 61 heavy (non-hydrogen) atoms. The lowest BCUT2D eigenvalue weighted by Crippen LogP contribution is -2.45. The summed E-state index contributed by atoms with van der Waals surface area (Å²) in [7, 11) is 0. The molecule has 0 rings (SSSR count). The summed E-state index contributed by atoms with van der Waals surface area (Å²) in [4.78, 5) is 12.4. The summed E-state index contributed by atoms with van der Waals surface area (Å²) in [6.07, 6.45) is 72.5. The molecule has 0 aliphatic carbocycles. The molecule has 3 N–H and O–H groups in total. The maximum Gasteiger partial charge on any atom is 0.220 e. The van der Waals surface area contributed by atoms with Crippen molar-refractivity contribution in [2.45, 2.75) is 302 Å². The topological polar surface area (TPSA) is 69.6 Å². The molecule has 0 aromatic rings. The van der Waals surface area contributed by atoms with E-state index < -0.39 is 12.1 Å². The molecule has 4 nitrogen and oxygen atoms in total. The van der Waals surface area contributed by atoms with E-state index in [1.807, 2.05) is 0 Å². The van der Waals surface area contributed by atoms with Crippen LogP contribution in [-0.4, -0.2) is 34.9 Å². The lowest BCUT2D eigenvalue weighted by atomic mass is 10.0. The summed E-state index contributed by atoms with van der Waals surface area (Å²) in [6.45, 7) is 4.25. The van der Waals surface area contributed by atoms with Gasteiger partial charge in [-0.1, -0.05) is 281 Å². The summed E-state index contributed by atoms with van der Waals surface area (Å²) in [5.74, 6) is -0.0527. The molecule has 0 fully saturated rings. The molecule has 0 heterocycles.